The van der Waals surface area contributed by atoms with E-state index in [1.165, 1.54) is 11.8 Å². The van der Waals surface area contributed by atoms with Crippen LogP contribution >= 0.6 is 11.8 Å². The lowest BCUT2D eigenvalue weighted by Crippen LogP contribution is -2.18. The van der Waals surface area contributed by atoms with E-state index < -0.39 is 5.56 Å². The highest BCUT2D eigenvalue weighted by Crippen LogP contribution is 2.12. The molecule has 1 N–H and O–H groups in total. The van der Waals surface area contributed by atoms with Gasteiger partial charge in [0.15, 0.2) is 27.7 Å². The number of nitriles is 2. The maximum Gasteiger partial charge on any atom is 0.290 e. The van der Waals surface area contributed by atoms with E-state index >= 15 is 0 Å². The van der Waals surface area contributed by atoms with Gasteiger partial charge in [-0.15, -0.1) is 0 Å². The van der Waals surface area contributed by atoms with Crippen molar-refractivity contribution in [3.63, 3.8) is 0 Å². The molecule has 3 aromatic heterocycles. The second-order valence-corrected chi connectivity index (χ2v) is 4.40. The number of fused-ring (bicyclic) bond motifs is 2. The van der Waals surface area contributed by atoms with Crippen LogP contribution in [0.5, 0.6) is 0 Å². The summed E-state index contributed by atoms with van der Waals surface area (Å²) in [5, 5.41) is 24.9. The first-order valence-corrected chi connectivity index (χ1v) is 6.45. The Hall–Kier alpha value is -2.98. The molecule has 96 valence electrons. The van der Waals surface area contributed by atoms with Gasteiger partial charge in [0.1, 0.15) is 12.1 Å². The smallest absolute Gasteiger partial charge is 0.266 e. The van der Waals surface area contributed by atoms with Crippen LogP contribution in [0.15, 0.2) is 9.95 Å². The van der Waals surface area contributed by atoms with Gasteiger partial charge in [0.2, 0.25) is 5.78 Å². The van der Waals surface area contributed by atoms with Gasteiger partial charge in [-0.1, -0.05) is 11.8 Å². The van der Waals surface area contributed by atoms with E-state index in [1.807, 2.05) is 0 Å². The van der Waals surface area contributed by atoms with Crippen LogP contribution in [-0.2, 0) is 0 Å². The zero-order chi connectivity index (χ0) is 14.3. The summed E-state index contributed by atoms with van der Waals surface area (Å²) in [7, 11) is 0. The van der Waals surface area contributed by atoms with Crippen molar-refractivity contribution in [3.05, 3.63) is 21.7 Å². The Bertz CT molecular complexity index is 989. The topological polar surface area (TPSA) is 136 Å². The van der Waals surface area contributed by atoms with E-state index in [1.54, 1.807) is 18.4 Å². The average molecular weight is 284 g/mol. The van der Waals surface area contributed by atoms with Crippen LogP contribution in [0.1, 0.15) is 11.4 Å². The van der Waals surface area contributed by atoms with E-state index in [9.17, 15) is 4.79 Å². The van der Waals surface area contributed by atoms with Crippen molar-refractivity contribution < 1.29 is 0 Å². The summed E-state index contributed by atoms with van der Waals surface area (Å²) in [6.45, 7) is 0. The van der Waals surface area contributed by atoms with Crippen molar-refractivity contribution in [1.82, 2.24) is 29.5 Å². The van der Waals surface area contributed by atoms with Gasteiger partial charge < -0.3 is 0 Å². The molecule has 0 aliphatic carbocycles. The Balaban J connectivity index is 2.54. The molecule has 0 atom stereocenters. The lowest BCUT2D eigenvalue weighted by atomic mass is 10.3. The lowest BCUT2D eigenvalue weighted by molar-refractivity contribution is 0.861. The van der Waals surface area contributed by atoms with Crippen LogP contribution in [0.4, 0.5) is 0 Å². The Morgan fingerprint density at radius 3 is 2.70 bits per heavy atom. The first-order chi connectivity index (χ1) is 9.69. The molecule has 0 saturated carbocycles. The number of hydrogen-bond donors (Lipinski definition) is 1. The third-order valence-electron chi connectivity index (χ3n) is 2.56. The van der Waals surface area contributed by atoms with Gasteiger partial charge in [-0.05, 0) is 6.26 Å². The minimum absolute atomic E-state index is 0.0197. The number of thioether (sulfide) groups is 1. The van der Waals surface area contributed by atoms with E-state index in [4.69, 9.17) is 10.5 Å². The molecule has 20 heavy (non-hydrogen) atoms. The van der Waals surface area contributed by atoms with Gasteiger partial charge in [-0.3, -0.25) is 9.89 Å². The standard InChI is InChI=1S/C10H4N8OS/c1-20-10-15-7-6(16-17-10)8(19)18-5(3-12)4(2-11)13-9(18)14-7/h1H3,(H,13,14,15,17). The Labute approximate surface area is 114 Å². The SMILES string of the molecule is CSc1nc2nc3nc(C#N)c(C#N)n3c(=O)c2n[nH]1. The molecular formula is C10H4N8OS. The fourth-order valence-corrected chi connectivity index (χ4v) is 2.01. The highest BCUT2D eigenvalue weighted by atomic mass is 32.2. The van der Waals surface area contributed by atoms with Gasteiger partial charge in [-0.2, -0.15) is 25.6 Å². The van der Waals surface area contributed by atoms with Crippen LogP contribution in [0, 0.1) is 22.7 Å². The molecule has 0 saturated heterocycles. The maximum atomic E-state index is 12.3. The second kappa shape index (κ2) is 4.29. The second-order valence-electron chi connectivity index (χ2n) is 3.60. The van der Waals surface area contributed by atoms with Crippen LogP contribution in [0.3, 0.4) is 0 Å². The third kappa shape index (κ3) is 1.52. The minimum atomic E-state index is -0.591. The highest BCUT2D eigenvalue weighted by molar-refractivity contribution is 7.98. The number of nitrogens with one attached hydrogen (secondary N) is 1. The Morgan fingerprint density at radius 1 is 1.25 bits per heavy atom. The van der Waals surface area contributed by atoms with Gasteiger partial charge in [0.05, 0.1) is 0 Å². The molecule has 0 aliphatic heterocycles. The maximum absolute atomic E-state index is 12.3. The van der Waals surface area contributed by atoms with E-state index in [0.717, 1.165) is 4.40 Å². The first-order valence-electron chi connectivity index (χ1n) is 5.22. The van der Waals surface area contributed by atoms with E-state index in [0.29, 0.717) is 5.16 Å². The molecule has 0 bridgehead atoms. The summed E-state index contributed by atoms with van der Waals surface area (Å²) in [4.78, 5) is 24.3. The quantitative estimate of drug-likeness (QED) is 0.608. The zero-order valence-corrected chi connectivity index (χ0v) is 10.8. The summed E-state index contributed by atoms with van der Waals surface area (Å²) < 4.78 is 0.960. The molecule has 0 aliphatic rings. The minimum Gasteiger partial charge on any atom is -0.266 e. The molecule has 3 aromatic rings. The lowest BCUT2D eigenvalue weighted by Gasteiger charge is -1.99. The zero-order valence-electron chi connectivity index (χ0n) is 9.95. The number of aromatic amines is 1. The molecule has 3 rings (SSSR count). The number of hydrogen-bond acceptors (Lipinski definition) is 8. The van der Waals surface area contributed by atoms with E-state index in [-0.39, 0.29) is 28.3 Å². The third-order valence-corrected chi connectivity index (χ3v) is 3.13. The monoisotopic (exact) mass is 284 g/mol. The molecule has 3 heterocycles. The van der Waals surface area contributed by atoms with Crippen molar-refractivity contribution in [2.24, 2.45) is 0 Å². The van der Waals surface area contributed by atoms with Gasteiger partial charge in [-0.25, -0.2) is 9.38 Å². The van der Waals surface area contributed by atoms with Crippen molar-refractivity contribution in [2.75, 3.05) is 6.26 Å². The molecular weight excluding hydrogens is 280 g/mol. The van der Waals surface area contributed by atoms with Crippen LogP contribution in [0.2, 0.25) is 0 Å². The predicted molar refractivity (Wildman–Crippen MR) is 67.9 cm³/mol. The average Bonchev–Trinajstić information content (AvgIpc) is 2.84. The summed E-state index contributed by atoms with van der Waals surface area (Å²) in [5.74, 6) is -0.0387. The van der Waals surface area contributed by atoms with Gasteiger partial charge in [0.25, 0.3) is 5.56 Å². The highest BCUT2D eigenvalue weighted by Gasteiger charge is 2.18. The fraction of sp³-hybridized carbons (Fsp3) is 0.100. The molecule has 0 fully saturated rings. The molecule has 0 radical (unpaired) electrons. The van der Waals surface area contributed by atoms with Crippen molar-refractivity contribution in [1.29, 1.82) is 10.5 Å². The summed E-state index contributed by atoms with van der Waals surface area (Å²) in [6, 6.07) is 3.53. The predicted octanol–water partition coefficient (Wildman–Crippen LogP) is -0.174. The van der Waals surface area contributed by atoms with Crippen LogP contribution in [0.25, 0.3) is 16.9 Å². The van der Waals surface area contributed by atoms with Gasteiger partial charge in [0, 0.05) is 0 Å². The van der Waals surface area contributed by atoms with Gasteiger partial charge >= 0.3 is 0 Å². The van der Waals surface area contributed by atoms with Crippen molar-refractivity contribution in [2.45, 2.75) is 5.16 Å². The summed E-state index contributed by atoms with van der Waals surface area (Å²) in [6.07, 6.45) is 1.79. The summed E-state index contributed by atoms with van der Waals surface area (Å²) in [5.41, 5.74) is -0.802. The molecule has 0 unspecified atom stereocenters. The van der Waals surface area contributed by atoms with E-state index in [2.05, 4.69) is 25.1 Å². The fourth-order valence-electron chi connectivity index (χ4n) is 1.70. The number of H-pyrrole nitrogens is 1. The number of aromatic nitrogens is 6. The molecule has 0 aromatic carbocycles. The Kier molecular flexibility index (Phi) is 2.59. The number of rotatable bonds is 1. The Morgan fingerprint density at radius 2 is 2.05 bits per heavy atom. The van der Waals surface area contributed by atoms with Crippen LogP contribution < -0.4 is 5.56 Å². The van der Waals surface area contributed by atoms with Crippen molar-refractivity contribution in [3.8, 4) is 12.1 Å². The number of imidazole rings is 1. The largest absolute Gasteiger partial charge is 0.290 e. The normalized spacial score (nSPS) is 10.6. The molecule has 0 amide bonds. The molecule has 0 spiro atoms. The first kappa shape index (κ1) is 12.1. The molecule has 10 heteroatoms. The number of nitrogens with zero attached hydrogens (tertiary/aromatic N) is 7. The summed E-state index contributed by atoms with van der Waals surface area (Å²) >= 11 is 1.31. The molecule has 9 nitrogen and oxygen atoms in total. The van der Waals surface area contributed by atoms with Crippen LogP contribution in [-0.4, -0.2) is 35.8 Å². The van der Waals surface area contributed by atoms with Crippen molar-refractivity contribution >= 4 is 28.7 Å².